The van der Waals surface area contributed by atoms with Crippen molar-refractivity contribution in [1.82, 2.24) is 10.2 Å². The molecule has 1 fully saturated rings. The van der Waals surface area contributed by atoms with Crippen molar-refractivity contribution in [1.29, 1.82) is 0 Å². The van der Waals surface area contributed by atoms with Crippen LogP contribution in [0.1, 0.15) is 30.6 Å². The molecule has 6 heteroatoms. The van der Waals surface area contributed by atoms with Gasteiger partial charge in [0.2, 0.25) is 11.8 Å². The van der Waals surface area contributed by atoms with E-state index in [1.807, 2.05) is 4.90 Å². The summed E-state index contributed by atoms with van der Waals surface area (Å²) >= 11 is 0. The average molecular weight is 305 g/mol. The maximum absolute atomic E-state index is 12.2. The second-order valence-electron chi connectivity index (χ2n) is 5.75. The van der Waals surface area contributed by atoms with Gasteiger partial charge >= 0.3 is 0 Å². The van der Waals surface area contributed by atoms with E-state index in [-0.39, 0.29) is 5.91 Å². The summed E-state index contributed by atoms with van der Waals surface area (Å²) in [6.07, 6.45) is 0.344. The van der Waals surface area contributed by atoms with Crippen LogP contribution >= 0.6 is 0 Å². The van der Waals surface area contributed by atoms with Crippen molar-refractivity contribution in [2.45, 2.75) is 32.4 Å². The Morgan fingerprint density at radius 1 is 1.23 bits per heavy atom. The second kappa shape index (κ2) is 7.26. The maximum atomic E-state index is 12.2. The van der Waals surface area contributed by atoms with Crippen LogP contribution in [0.5, 0.6) is 5.75 Å². The average Bonchev–Trinajstić information content (AvgIpc) is 2.46. The molecule has 3 N–H and O–H groups in total. The Morgan fingerprint density at radius 2 is 1.82 bits per heavy atom. The fourth-order valence-electron chi connectivity index (χ4n) is 2.66. The van der Waals surface area contributed by atoms with E-state index in [4.69, 9.17) is 10.5 Å². The van der Waals surface area contributed by atoms with Crippen LogP contribution in [-0.2, 0) is 4.79 Å². The van der Waals surface area contributed by atoms with Crippen LogP contribution < -0.4 is 15.8 Å². The molecule has 2 atom stereocenters. The molecule has 0 saturated carbocycles. The fourth-order valence-corrected chi connectivity index (χ4v) is 2.66. The Hall–Kier alpha value is -2.08. The summed E-state index contributed by atoms with van der Waals surface area (Å²) in [6, 6.07) is 7.21. The van der Waals surface area contributed by atoms with Crippen LogP contribution in [0.15, 0.2) is 24.3 Å². The number of ether oxygens (including phenoxy) is 1. The number of piperazine rings is 1. The van der Waals surface area contributed by atoms with Gasteiger partial charge in [-0.15, -0.1) is 0 Å². The molecule has 22 heavy (non-hydrogen) atoms. The van der Waals surface area contributed by atoms with E-state index in [0.717, 1.165) is 13.1 Å². The number of hydrogen-bond acceptors (Lipinski definition) is 4. The number of nitrogens with zero attached hydrogens (tertiary/aromatic N) is 1. The molecular weight excluding hydrogens is 282 g/mol. The Bertz CT molecular complexity index is 520. The highest BCUT2D eigenvalue weighted by Crippen LogP contribution is 2.13. The molecule has 2 rings (SSSR count). The third-order valence-electron chi connectivity index (χ3n) is 3.63. The molecule has 6 nitrogen and oxygen atoms in total. The number of primary amides is 1. The number of benzene rings is 1. The lowest BCUT2D eigenvalue weighted by Crippen LogP contribution is -2.56. The first-order valence-corrected chi connectivity index (χ1v) is 7.52. The minimum atomic E-state index is -0.469. The van der Waals surface area contributed by atoms with Gasteiger partial charge < -0.3 is 20.7 Å². The highest BCUT2D eigenvalue weighted by atomic mass is 16.5. The number of carbonyl (C=O) groups is 2. The Labute approximate surface area is 130 Å². The van der Waals surface area contributed by atoms with Gasteiger partial charge in [-0.3, -0.25) is 9.59 Å². The molecule has 0 bridgehead atoms. The fraction of sp³-hybridized carbons (Fsp3) is 0.500. The highest BCUT2D eigenvalue weighted by Gasteiger charge is 2.24. The summed E-state index contributed by atoms with van der Waals surface area (Å²) in [5.74, 6) is 0.262. The number of carbonyl (C=O) groups excluding carboxylic acids is 2. The molecule has 1 heterocycles. The van der Waals surface area contributed by atoms with Gasteiger partial charge in [0.25, 0.3) is 0 Å². The second-order valence-corrected chi connectivity index (χ2v) is 5.75. The minimum absolute atomic E-state index is 0.106. The molecule has 1 aliphatic heterocycles. The van der Waals surface area contributed by atoms with E-state index >= 15 is 0 Å². The lowest BCUT2D eigenvalue weighted by Gasteiger charge is -2.36. The zero-order valence-corrected chi connectivity index (χ0v) is 13.0. The largest absolute Gasteiger partial charge is 0.493 e. The molecule has 0 aromatic heterocycles. The van der Waals surface area contributed by atoms with Crippen molar-refractivity contribution >= 4 is 11.8 Å². The summed E-state index contributed by atoms with van der Waals surface area (Å²) in [5, 5.41) is 3.40. The van der Waals surface area contributed by atoms with E-state index in [1.165, 1.54) is 0 Å². The molecular formula is C16H23N3O3. The number of amides is 2. The van der Waals surface area contributed by atoms with Crippen LogP contribution in [0.3, 0.4) is 0 Å². The zero-order valence-electron chi connectivity index (χ0n) is 13.0. The first kappa shape index (κ1) is 16.3. The van der Waals surface area contributed by atoms with Gasteiger partial charge in [-0.2, -0.15) is 0 Å². The normalized spacial score (nSPS) is 21.5. The SMILES string of the molecule is C[C@H]1CN(C(=O)CCOc2ccc(C(N)=O)cc2)C[C@H](C)N1. The summed E-state index contributed by atoms with van der Waals surface area (Å²) in [6.45, 7) is 5.94. The van der Waals surface area contributed by atoms with E-state index in [9.17, 15) is 9.59 Å². The number of nitrogens with one attached hydrogen (secondary N) is 1. The van der Waals surface area contributed by atoms with Crippen molar-refractivity contribution in [3.63, 3.8) is 0 Å². The van der Waals surface area contributed by atoms with Crippen molar-refractivity contribution in [2.75, 3.05) is 19.7 Å². The quantitative estimate of drug-likeness (QED) is 0.841. The molecule has 0 spiro atoms. The van der Waals surface area contributed by atoms with Crippen molar-refractivity contribution in [3.05, 3.63) is 29.8 Å². The molecule has 0 radical (unpaired) electrons. The van der Waals surface area contributed by atoms with Crippen LogP contribution in [-0.4, -0.2) is 48.5 Å². The predicted octanol–water partition coefficient (Wildman–Crippen LogP) is 0.763. The molecule has 1 aromatic carbocycles. The standard InChI is InChI=1S/C16H23N3O3/c1-11-9-19(10-12(2)18-11)15(20)7-8-22-14-5-3-13(4-6-14)16(17)21/h3-6,11-12,18H,7-10H2,1-2H3,(H2,17,21)/t11-,12-/m0/s1. The van der Waals surface area contributed by atoms with Crippen molar-refractivity contribution in [2.24, 2.45) is 5.73 Å². The Balaban J connectivity index is 1.78. The predicted molar refractivity (Wildman–Crippen MR) is 83.7 cm³/mol. The molecule has 0 aliphatic carbocycles. The molecule has 1 saturated heterocycles. The van der Waals surface area contributed by atoms with Crippen LogP contribution in [0, 0.1) is 0 Å². The summed E-state index contributed by atoms with van der Waals surface area (Å²) < 4.78 is 5.54. The monoisotopic (exact) mass is 305 g/mol. The third kappa shape index (κ3) is 4.46. The lowest BCUT2D eigenvalue weighted by atomic mass is 10.1. The van der Waals surface area contributed by atoms with E-state index in [0.29, 0.717) is 36.4 Å². The van der Waals surface area contributed by atoms with Gasteiger partial charge in [0.05, 0.1) is 13.0 Å². The third-order valence-corrected chi connectivity index (χ3v) is 3.63. The van der Waals surface area contributed by atoms with Gasteiger partial charge in [0.1, 0.15) is 5.75 Å². The first-order chi connectivity index (χ1) is 10.5. The number of hydrogen-bond donors (Lipinski definition) is 2. The zero-order chi connectivity index (χ0) is 16.1. The first-order valence-electron chi connectivity index (χ1n) is 7.52. The molecule has 2 amide bonds. The summed E-state index contributed by atoms with van der Waals surface area (Å²) in [5.41, 5.74) is 5.61. The van der Waals surface area contributed by atoms with Gasteiger partial charge in [-0.05, 0) is 38.1 Å². The van der Waals surface area contributed by atoms with Crippen molar-refractivity contribution in [3.8, 4) is 5.75 Å². The number of rotatable bonds is 5. The topological polar surface area (TPSA) is 84.7 Å². The van der Waals surface area contributed by atoms with Gasteiger partial charge in [0.15, 0.2) is 0 Å². The Morgan fingerprint density at radius 3 is 2.36 bits per heavy atom. The molecule has 0 unspecified atom stereocenters. The van der Waals surface area contributed by atoms with Crippen molar-refractivity contribution < 1.29 is 14.3 Å². The minimum Gasteiger partial charge on any atom is -0.493 e. The molecule has 1 aromatic rings. The molecule has 120 valence electrons. The van der Waals surface area contributed by atoms with Crippen LogP contribution in [0.25, 0.3) is 0 Å². The molecule has 1 aliphatic rings. The van der Waals surface area contributed by atoms with Gasteiger partial charge in [0, 0.05) is 30.7 Å². The summed E-state index contributed by atoms with van der Waals surface area (Å²) in [4.78, 5) is 25.0. The highest BCUT2D eigenvalue weighted by molar-refractivity contribution is 5.92. The van der Waals surface area contributed by atoms with Gasteiger partial charge in [-0.25, -0.2) is 0 Å². The van der Waals surface area contributed by atoms with E-state index in [1.54, 1.807) is 24.3 Å². The van der Waals surface area contributed by atoms with E-state index < -0.39 is 5.91 Å². The number of nitrogens with two attached hydrogens (primary N) is 1. The summed E-state index contributed by atoms with van der Waals surface area (Å²) in [7, 11) is 0. The van der Waals surface area contributed by atoms with E-state index in [2.05, 4.69) is 19.2 Å². The Kier molecular flexibility index (Phi) is 5.38. The smallest absolute Gasteiger partial charge is 0.248 e. The van der Waals surface area contributed by atoms with Crippen LogP contribution in [0.2, 0.25) is 0 Å². The van der Waals surface area contributed by atoms with Crippen LogP contribution in [0.4, 0.5) is 0 Å². The maximum Gasteiger partial charge on any atom is 0.248 e. The van der Waals surface area contributed by atoms with Gasteiger partial charge in [-0.1, -0.05) is 0 Å². The lowest BCUT2D eigenvalue weighted by molar-refractivity contribution is -0.133.